The van der Waals surface area contributed by atoms with Crippen LogP contribution in [0.5, 0.6) is 0 Å². The first kappa shape index (κ1) is 21.5. The average Bonchev–Trinajstić information content (AvgIpc) is 2.92. The second-order valence-corrected chi connectivity index (χ2v) is 7.67. The summed E-state index contributed by atoms with van der Waals surface area (Å²) in [6, 6.07) is 5.25. The fourth-order valence-corrected chi connectivity index (χ4v) is 3.98. The Bertz CT molecular complexity index is 884. The summed E-state index contributed by atoms with van der Waals surface area (Å²) < 4.78 is 0. The number of hydrogen-bond donors (Lipinski definition) is 2. The van der Waals surface area contributed by atoms with Crippen molar-refractivity contribution in [2.45, 2.75) is 45.6 Å². The lowest BCUT2D eigenvalue weighted by Gasteiger charge is -2.34. The Balaban J connectivity index is 1.67. The molecule has 0 radical (unpaired) electrons. The Morgan fingerprint density at radius 2 is 1.83 bits per heavy atom. The summed E-state index contributed by atoms with van der Waals surface area (Å²) in [5.74, 6) is -2.64. The highest BCUT2D eigenvalue weighted by atomic mass is 16.2. The lowest BCUT2D eigenvalue weighted by molar-refractivity contribution is -0.145. The third kappa shape index (κ3) is 4.34. The van der Waals surface area contributed by atoms with E-state index in [4.69, 9.17) is 0 Å². The highest BCUT2D eigenvalue weighted by Crippen LogP contribution is 2.31. The second-order valence-electron chi connectivity index (χ2n) is 7.67. The van der Waals surface area contributed by atoms with Crippen LogP contribution in [0.2, 0.25) is 0 Å². The highest BCUT2D eigenvalue weighted by Gasteiger charge is 2.49. The van der Waals surface area contributed by atoms with Crippen LogP contribution in [0.4, 0.5) is 10.5 Å². The molecular weight excluding hydrogens is 388 g/mol. The van der Waals surface area contributed by atoms with E-state index in [9.17, 15) is 24.0 Å². The van der Waals surface area contributed by atoms with Crippen LogP contribution < -0.4 is 10.6 Å². The van der Waals surface area contributed by atoms with E-state index >= 15 is 0 Å². The Morgan fingerprint density at radius 3 is 2.53 bits per heavy atom. The van der Waals surface area contributed by atoms with Crippen molar-refractivity contribution in [2.24, 2.45) is 5.92 Å². The molecule has 9 heteroatoms. The smallest absolute Gasteiger partial charge is 0.334 e. The molecule has 3 rings (SSSR count). The number of carbonyl (C=O) groups is 5. The molecule has 9 nitrogen and oxygen atoms in total. The molecule has 0 unspecified atom stereocenters. The van der Waals surface area contributed by atoms with E-state index in [1.54, 1.807) is 25.1 Å². The van der Waals surface area contributed by atoms with Crippen molar-refractivity contribution < 1.29 is 24.0 Å². The van der Waals surface area contributed by atoms with E-state index in [2.05, 4.69) is 10.6 Å². The number of carbonyl (C=O) groups excluding carboxylic acids is 5. The Hall–Kier alpha value is -3.23. The zero-order chi connectivity index (χ0) is 21.8. The third-order valence-corrected chi connectivity index (χ3v) is 5.53. The lowest BCUT2D eigenvalue weighted by atomic mass is 9.85. The van der Waals surface area contributed by atoms with Gasteiger partial charge in [-0.2, -0.15) is 0 Å². The number of nitrogens with one attached hydrogen (secondary N) is 2. The lowest BCUT2D eigenvalue weighted by Crippen LogP contribution is -2.46. The number of imide groups is 2. The van der Waals surface area contributed by atoms with E-state index in [0.717, 1.165) is 24.2 Å². The van der Waals surface area contributed by atoms with Crippen LogP contribution in [0.3, 0.4) is 0 Å². The summed E-state index contributed by atoms with van der Waals surface area (Å²) in [5, 5.41) is 5.24. The van der Waals surface area contributed by atoms with Crippen LogP contribution in [0.15, 0.2) is 24.3 Å². The molecule has 1 saturated heterocycles. The maximum absolute atomic E-state index is 12.8. The van der Waals surface area contributed by atoms with Gasteiger partial charge in [-0.3, -0.25) is 24.1 Å². The van der Waals surface area contributed by atoms with Crippen molar-refractivity contribution in [1.29, 1.82) is 0 Å². The maximum atomic E-state index is 12.8. The van der Waals surface area contributed by atoms with Crippen molar-refractivity contribution in [3.63, 3.8) is 0 Å². The molecule has 30 heavy (non-hydrogen) atoms. The topological polar surface area (TPSA) is 116 Å². The van der Waals surface area contributed by atoms with Crippen LogP contribution in [-0.2, 0) is 14.4 Å². The largest absolute Gasteiger partial charge is 0.352 e. The van der Waals surface area contributed by atoms with Crippen LogP contribution in [0.1, 0.15) is 49.9 Å². The summed E-state index contributed by atoms with van der Waals surface area (Å²) in [6.45, 7) is 3.67. The summed E-state index contributed by atoms with van der Waals surface area (Å²) in [6.07, 6.45) is 3.48. The van der Waals surface area contributed by atoms with E-state index in [0.29, 0.717) is 29.1 Å². The molecule has 0 aromatic heterocycles. The Morgan fingerprint density at radius 1 is 1.10 bits per heavy atom. The molecule has 1 heterocycles. The first-order valence-electron chi connectivity index (χ1n) is 10.2. The minimum atomic E-state index is -0.982. The minimum Gasteiger partial charge on any atom is -0.352 e. The van der Waals surface area contributed by atoms with Crippen LogP contribution in [-0.4, -0.2) is 58.6 Å². The molecule has 1 aliphatic carbocycles. The molecule has 0 spiro atoms. The molecule has 2 fully saturated rings. The molecule has 2 aliphatic rings. The predicted molar refractivity (Wildman–Crippen MR) is 108 cm³/mol. The van der Waals surface area contributed by atoms with Gasteiger partial charge in [0.1, 0.15) is 6.54 Å². The van der Waals surface area contributed by atoms with Crippen molar-refractivity contribution in [3.05, 3.63) is 29.8 Å². The quantitative estimate of drug-likeness (QED) is 0.543. The molecule has 0 bridgehead atoms. The molecule has 160 valence electrons. The number of amides is 6. The molecule has 1 saturated carbocycles. The van der Waals surface area contributed by atoms with E-state index < -0.39 is 30.3 Å². The first-order valence-corrected chi connectivity index (χ1v) is 10.2. The van der Waals surface area contributed by atoms with Gasteiger partial charge in [-0.15, -0.1) is 0 Å². The Labute approximate surface area is 174 Å². The van der Waals surface area contributed by atoms with Gasteiger partial charge in [0.05, 0.1) is 0 Å². The summed E-state index contributed by atoms with van der Waals surface area (Å²) in [5.41, 5.74) is 0.725. The fraction of sp³-hybridized carbons (Fsp3) is 0.476. The van der Waals surface area contributed by atoms with Crippen molar-refractivity contribution in [1.82, 2.24) is 15.1 Å². The average molecular weight is 414 g/mol. The zero-order valence-corrected chi connectivity index (χ0v) is 17.1. The summed E-state index contributed by atoms with van der Waals surface area (Å²) >= 11 is 0. The molecule has 6 amide bonds. The fourth-order valence-electron chi connectivity index (χ4n) is 3.98. The van der Waals surface area contributed by atoms with Crippen LogP contribution in [0, 0.1) is 5.92 Å². The number of anilines is 1. The van der Waals surface area contributed by atoms with Crippen molar-refractivity contribution in [2.75, 3.05) is 18.4 Å². The highest BCUT2D eigenvalue weighted by molar-refractivity contribution is 6.45. The van der Waals surface area contributed by atoms with E-state index in [1.165, 1.54) is 6.07 Å². The predicted octanol–water partition coefficient (Wildman–Crippen LogP) is 1.74. The van der Waals surface area contributed by atoms with Crippen molar-refractivity contribution in [3.8, 4) is 0 Å². The molecule has 1 aliphatic heterocycles. The minimum absolute atomic E-state index is 0.116. The van der Waals surface area contributed by atoms with Gasteiger partial charge in [0.15, 0.2) is 0 Å². The molecule has 2 atom stereocenters. The third-order valence-electron chi connectivity index (χ3n) is 5.53. The number of rotatable bonds is 6. The standard InChI is InChI=1S/C21H26N4O5/c1-3-22-18(27)14-8-6-9-15(11-14)23-17(26)12-24-19(28)20(29)25(21(24)30)16-10-5-4-7-13(16)2/h6,8-9,11,13,16H,3-5,7,10,12H2,1-2H3,(H,22,27)(H,23,26)/t13-,16+/m0/s1. The van der Waals surface area contributed by atoms with Gasteiger partial charge in [-0.1, -0.05) is 25.8 Å². The molecular formula is C21H26N4O5. The summed E-state index contributed by atoms with van der Waals surface area (Å²) in [7, 11) is 0. The molecule has 1 aromatic rings. The van der Waals surface area contributed by atoms with Crippen molar-refractivity contribution >= 4 is 35.3 Å². The monoisotopic (exact) mass is 414 g/mol. The summed E-state index contributed by atoms with van der Waals surface area (Å²) in [4.78, 5) is 63.6. The van der Waals surface area contributed by atoms with Crippen LogP contribution in [0.25, 0.3) is 0 Å². The Kier molecular flexibility index (Phi) is 6.49. The number of nitrogens with zero attached hydrogens (tertiary/aromatic N) is 2. The normalized spacial score (nSPS) is 21.7. The molecule has 2 N–H and O–H groups in total. The second kappa shape index (κ2) is 9.06. The van der Waals surface area contributed by atoms with Crippen LogP contribution >= 0.6 is 0 Å². The number of hydrogen-bond acceptors (Lipinski definition) is 5. The van der Waals surface area contributed by atoms with Gasteiger partial charge < -0.3 is 10.6 Å². The van der Waals surface area contributed by atoms with Gasteiger partial charge in [0.2, 0.25) is 5.91 Å². The molecule has 1 aromatic carbocycles. The first-order chi connectivity index (χ1) is 14.3. The SMILES string of the molecule is CCNC(=O)c1cccc(NC(=O)CN2C(=O)C(=O)N([C@@H]3CCCC[C@@H]3C)C2=O)c1. The van der Waals surface area contributed by atoms with E-state index in [1.807, 2.05) is 6.92 Å². The van der Waals surface area contributed by atoms with Gasteiger partial charge in [-0.05, 0) is 43.9 Å². The van der Waals surface area contributed by atoms with E-state index in [-0.39, 0.29) is 17.9 Å². The van der Waals surface area contributed by atoms with Gasteiger partial charge in [-0.25, -0.2) is 9.69 Å². The van der Waals surface area contributed by atoms with Gasteiger partial charge in [0, 0.05) is 23.8 Å². The number of urea groups is 1. The van der Waals surface area contributed by atoms with Gasteiger partial charge >= 0.3 is 17.8 Å². The van der Waals surface area contributed by atoms with Gasteiger partial charge in [0.25, 0.3) is 5.91 Å². The number of benzene rings is 1. The maximum Gasteiger partial charge on any atom is 0.334 e. The zero-order valence-electron chi connectivity index (χ0n) is 17.1.